The van der Waals surface area contributed by atoms with Crippen molar-refractivity contribution in [3.8, 4) is 0 Å². The maximum absolute atomic E-state index is 12.1. The van der Waals surface area contributed by atoms with Crippen molar-refractivity contribution in [2.75, 3.05) is 11.1 Å². The molecule has 0 fully saturated rings. The molecule has 0 aliphatic rings. The average Bonchev–Trinajstić information content (AvgIpc) is 3.19. The van der Waals surface area contributed by atoms with Gasteiger partial charge in [-0.3, -0.25) is 19.3 Å². The Morgan fingerprint density at radius 1 is 1.23 bits per heavy atom. The minimum absolute atomic E-state index is 0.0247. The highest BCUT2D eigenvalue weighted by Crippen LogP contribution is 2.23. The van der Waals surface area contributed by atoms with E-state index >= 15 is 0 Å². The van der Waals surface area contributed by atoms with E-state index in [2.05, 4.69) is 20.5 Å². The van der Waals surface area contributed by atoms with Crippen LogP contribution in [0, 0.1) is 10.1 Å². The number of para-hydroxylation sites is 2. The molecule has 2 heterocycles. The van der Waals surface area contributed by atoms with Gasteiger partial charge in [0.15, 0.2) is 5.16 Å². The molecule has 130 valence electrons. The van der Waals surface area contributed by atoms with Gasteiger partial charge in [-0.2, -0.15) is 0 Å². The lowest BCUT2D eigenvalue weighted by Crippen LogP contribution is -2.14. The van der Waals surface area contributed by atoms with Gasteiger partial charge in [0.25, 0.3) is 5.69 Å². The number of amides is 1. The van der Waals surface area contributed by atoms with Crippen molar-refractivity contribution in [2.45, 2.75) is 5.16 Å². The summed E-state index contributed by atoms with van der Waals surface area (Å²) < 4.78 is 1.86. The molecular formula is C16H12N6O3S. The van der Waals surface area contributed by atoms with Crippen LogP contribution in [0.4, 0.5) is 11.4 Å². The number of nitrogens with one attached hydrogen (secondary N) is 2. The minimum atomic E-state index is -0.486. The number of aromatic amines is 1. The molecule has 0 aliphatic heterocycles. The molecule has 4 rings (SSSR count). The Hall–Kier alpha value is -3.40. The van der Waals surface area contributed by atoms with Gasteiger partial charge in [-0.1, -0.05) is 23.9 Å². The lowest BCUT2D eigenvalue weighted by Gasteiger charge is -2.04. The molecule has 2 N–H and O–H groups in total. The van der Waals surface area contributed by atoms with Crippen molar-refractivity contribution in [1.82, 2.24) is 19.6 Å². The third kappa shape index (κ3) is 2.97. The lowest BCUT2D eigenvalue weighted by molar-refractivity contribution is -0.384. The monoisotopic (exact) mass is 368 g/mol. The van der Waals surface area contributed by atoms with Crippen molar-refractivity contribution in [1.29, 1.82) is 0 Å². The highest BCUT2D eigenvalue weighted by atomic mass is 32.2. The van der Waals surface area contributed by atoms with E-state index in [1.807, 2.05) is 28.7 Å². The molecule has 4 aromatic rings. The summed E-state index contributed by atoms with van der Waals surface area (Å²) in [5.41, 5.74) is 2.23. The van der Waals surface area contributed by atoms with Gasteiger partial charge in [0.1, 0.15) is 0 Å². The molecule has 0 atom stereocenters. The van der Waals surface area contributed by atoms with Gasteiger partial charge < -0.3 is 5.32 Å². The van der Waals surface area contributed by atoms with E-state index in [0.717, 1.165) is 11.0 Å². The van der Waals surface area contributed by atoms with Gasteiger partial charge in [-0.05, 0) is 24.3 Å². The van der Waals surface area contributed by atoms with Crippen LogP contribution in [0.15, 0.2) is 53.7 Å². The summed E-state index contributed by atoms with van der Waals surface area (Å²) in [5.74, 6) is 0.526. The Balaban J connectivity index is 1.46. The zero-order valence-corrected chi connectivity index (χ0v) is 14.1. The highest BCUT2D eigenvalue weighted by Gasteiger charge is 2.13. The third-order valence-corrected chi connectivity index (χ3v) is 4.64. The predicted molar refractivity (Wildman–Crippen MR) is 97.3 cm³/mol. The molecule has 26 heavy (non-hydrogen) atoms. The van der Waals surface area contributed by atoms with Crippen LogP contribution in [0.3, 0.4) is 0 Å². The number of carbonyl (C=O) groups excluding carboxylic acids is 1. The Morgan fingerprint density at radius 2 is 2.00 bits per heavy atom. The number of rotatable bonds is 5. The first-order valence-electron chi connectivity index (χ1n) is 7.60. The minimum Gasteiger partial charge on any atom is -0.325 e. The van der Waals surface area contributed by atoms with Crippen LogP contribution in [-0.2, 0) is 4.79 Å². The van der Waals surface area contributed by atoms with E-state index in [0.29, 0.717) is 16.6 Å². The number of hydrogen-bond acceptors (Lipinski definition) is 6. The molecule has 2 aromatic heterocycles. The van der Waals surface area contributed by atoms with Crippen LogP contribution < -0.4 is 5.32 Å². The molecule has 0 spiro atoms. The van der Waals surface area contributed by atoms with Crippen molar-refractivity contribution in [3.05, 3.63) is 58.6 Å². The number of thioether (sulfide) groups is 1. The molecule has 0 unspecified atom stereocenters. The van der Waals surface area contributed by atoms with E-state index in [-0.39, 0.29) is 17.3 Å². The van der Waals surface area contributed by atoms with Gasteiger partial charge in [-0.15, -0.1) is 5.10 Å². The van der Waals surface area contributed by atoms with E-state index in [1.165, 1.54) is 36.0 Å². The molecule has 0 saturated heterocycles. The molecule has 0 aliphatic carbocycles. The highest BCUT2D eigenvalue weighted by molar-refractivity contribution is 7.99. The lowest BCUT2D eigenvalue weighted by atomic mass is 10.3. The average molecular weight is 368 g/mol. The van der Waals surface area contributed by atoms with Crippen molar-refractivity contribution < 1.29 is 9.72 Å². The molecule has 0 saturated carbocycles. The SMILES string of the molecule is O=C(CSc1n[nH]c2nc3ccccc3n12)Nc1ccc([N+](=O)[O-])cc1. The van der Waals surface area contributed by atoms with E-state index < -0.39 is 4.92 Å². The quantitative estimate of drug-likeness (QED) is 0.318. The standard InChI is InChI=1S/C16H12N6O3S/c23-14(17-10-5-7-11(8-6-10)22(24)25)9-26-16-20-19-15-18-12-3-1-2-4-13(12)21(15)16/h1-8H,9H2,(H,17,23)(H,18,19). The number of nitro groups is 1. The maximum Gasteiger partial charge on any atom is 0.269 e. The number of anilines is 1. The fourth-order valence-electron chi connectivity index (χ4n) is 2.53. The second-order valence-corrected chi connectivity index (χ2v) is 6.35. The van der Waals surface area contributed by atoms with Crippen LogP contribution in [0.1, 0.15) is 0 Å². The number of non-ortho nitro benzene ring substituents is 1. The van der Waals surface area contributed by atoms with Crippen LogP contribution in [0.5, 0.6) is 0 Å². The first kappa shape index (κ1) is 16.1. The summed E-state index contributed by atoms with van der Waals surface area (Å²) in [6, 6.07) is 13.4. The largest absolute Gasteiger partial charge is 0.325 e. The summed E-state index contributed by atoms with van der Waals surface area (Å²) in [7, 11) is 0. The predicted octanol–water partition coefficient (Wildman–Crippen LogP) is 2.85. The third-order valence-electron chi connectivity index (χ3n) is 3.70. The van der Waals surface area contributed by atoms with Gasteiger partial charge >= 0.3 is 0 Å². The zero-order chi connectivity index (χ0) is 18.1. The smallest absolute Gasteiger partial charge is 0.269 e. The number of aromatic nitrogens is 4. The first-order chi connectivity index (χ1) is 12.6. The molecule has 0 radical (unpaired) electrons. The molecule has 0 bridgehead atoms. The van der Waals surface area contributed by atoms with Crippen molar-refractivity contribution in [3.63, 3.8) is 0 Å². The second-order valence-electron chi connectivity index (χ2n) is 5.41. The molecule has 10 heteroatoms. The fourth-order valence-corrected chi connectivity index (χ4v) is 3.29. The van der Waals surface area contributed by atoms with Gasteiger partial charge in [-0.25, -0.2) is 10.1 Å². The molecular weight excluding hydrogens is 356 g/mol. The number of H-pyrrole nitrogens is 1. The summed E-state index contributed by atoms with van der Waals surface area (Å²) in [5, 5.41) is 21.0. The van der Waals surface area contributed by atoms with Gasteiger partial charge in [0.2, 0.25) is 11.7 Å². The Bertz CT molecular complexity index is 1120. The first-order valence-corrected chi connectivity index (χ1v) is 8.59. The van der Waals surface area contributed by atoms with Crippen LogP contribution in [0.25, 0.3) is 16.8 Å². The van der Waals surface area contributed by atoms with Gasteiger partial charge in [0, 0.05) is 17.8 Å². The summed E-state index contributed by atoms with van der Waals surface area (Å²) in [6.07, 6.45) is 0. The summed E-state index contributed by atoms with van der Waals surface area (Å²) in [6.45, 7) is 0. The molecule has 9 nitrogen and oxygen atoms in total. The Labute approximate surface area is 150 Å². The normalized spacial score (nSPS) is 11.1. The fraction of sp³-hybridized carbons (Fsp3) is 0.0625. The Morgan fingerprint density at radius 3 is 2.77 bits per heavy atom. The topological polar surface area (TPSA) is 118 Å². The number of benzene rings is 2. The number of imidazole rings is 1. The van der Waals surface area contributed by atoms with Crippen LogP contribution in [0.2, 0.25) is 0 Å². The maximum atomic E-state index is 12.1. The number of nitro benzene ring substituents is 1. The second kappa shape index (κ2) is 6.48. The summed E-state index contributed by atoms with van der Waals surface area (Å²) >= 11 is 1.27. The van der Waals surface area contributed by atoms with Crippen LogP contribution >= 0.6 is 11.8 Å². The number of hydrogen-bond donors (Lipinski definition) is 2. The number of nitrogens with zero attached hydrogens (tertiary/aromatic N) is 4. The van der Waals surface area contributed by atoms with E-state index in [9.17, 15) is 14.9 Å². The van der Waals surface area contributed by atoms with Crippen molar-refractivity contribution in [2.24, 2.45) is 0 Å². The molecule has 2 aromatic carbocycles. The summed E-state index contributed by atoms with van der Waals surface area (Å²) in [4.78, 5) is 26.7. The van der Waals surface area contributed by atoms with Crippen molar-refractivity contribution >= 4 is 45.9 Å². The Kier molecular flexibility index (Phi) is 4.01. The number of carbonyl (C=O) groups is 1. The molecule has 1 amide bonds. The van der Waals surface area contributed by atoms with Gasteiger partial charge in [0.05, 0.1) is 21.7 Å². The zero-order valence-electron chi connectivity index (χ0n) is 13.2. The van der Waals surface area contributed by atoms with E-state index in [1.54, 1.807) is 0 Å². The van der Waals surface area contributed by atoms with E-state index in [4.69, 9.17) is 0 Å². The van der Waals surface area contributed by atoms with Crippen LogP contribution in [-0.4, -0.2) is 36.2 Å². The number of fused-ring (bicyclic) bond motifs is 3.